The van der Waals surface area contributed by atoms with Crippen molar-refractivity contribution in [2.24, 2.45) is 0 Å². The van der Waals surface area contributed by atoms with Gasteiger partial charge in [-0.1, -0.05) is 12.1 Å². The lowest BCUT2D eigenvalue weighted by atomic mass is 10.1. The molecule has 0 aliphatic heterocycles. The van der Waals surface area contributed by atoms with Crippen LogP contribution in [0.15, 0.2) is 53.5 Å². The van der Waals surface area contributed by atoms with Crippen LogP contribution in [-0.4, -0.2) is 31.7 Å². The molecule has 0 unspecified atom stereocenters. The minimum atomic E-state index is -0.255. The monoisotopic (exact) mass is 338 g/mol. The van der Waals surface area contributed by atoms with Crippen LogP contribution in [0.4, 0.5) is 0 Å². The number of nitrogens with one attached hydrogen (secondary N) is 1. The highest BCUT2D eigenvalue weighted by molar-refractivity contribution is 5.97. The summed E-state index contributed by atoms with van der Waals surface area (Å²) in [4.78, 5) is 25.1. The summed E-state index contributed by atoms with van der Waals surface area (Å²) in [5.41, 5.74) is 0.699. The third kappa shape index (κ3) is 2.82. The molecule has 0 radical (unpaired) electrons. The average Bonchev–Trinajstić information content (AvgIpc) is 2.66. The lowest BCUT2D eigenvalue weighted by Crippen LogP contribution is -2.24. The Morgan fingerprint density at radius 3 is 2.40 bits per heavy atom. The molecular formula is C19H18N2O4. The molecule has 1 N–H and O–H groups in total. The second-order valence-electron chi connectivity index (χ2n) is 5.38. The standard InChI is InChI=1S/C19H18N2O4/c1-20-18(22)13-6-4-5-7-15(13)21-9-8-12-10-16(24-2)17(25-3)11-14(12)19(21)23/h4-11H,1-3H3,(H,20,22). The van der Waals surface area contributed by atoms with E-state index >= 15 is 0 Å². The summed E-state index contributed by atoms with van der Waals surface area (Å²) in [7, 11) is 4.62. The molecule has 0 aliphatic carbocycles. The fraction of sp³-hybridized carbons (Fsp3) is 0.158. The van der Waals surface area contributed by atoms with Gasteiger partial charge in [0.2, 0.25) is 0 Å². The van der Waals surface area contributed by atoms with Gasteiger partial charge >= 0.3 is 0 Å². The number of benzene rings is 2. The molecule has 3 aromatic rings. The van der Waals surface area contributed by atoms with Crippen LogP contribution in [0.3, 0.4) is 0 Å². The van der Waals surface area contributed by atoms with E-state index in [0.717, 1.165) is 5.39 Å². The fourth-order valence-corrected chi connectivity index (χ4v) is 2.77. The number of nitrogens with zero attached hydrogens (tertiary/aromatic N) is 1. The molecule has 6 heteroatoms. The zero-order chi connectivity index (χ0) is 18.0. The van der Waals surface area contributed by atoms with E-state index in [-0.39, 0.29) is 11.5 Å². The number of hydrogen-bond donors (Lipinski definition) is 1. The van der Waals surface area contributed by atoms with Gasteiger partial charge in [-0.25, -0.2) is 0 Å². The van der Waals surface area contributed by atoms with Gasteiger partial charge in [-0.3, -0.25) is 14.2 Å². The number of methoxy groups -OCH3 is 2. The van der Waals surface area contributed by atoms with Crippen LogP contribution in [0.5, 0.6) is 11.5 Å². The summed E-state index contributed by atoms with van der Waals surface area (Å²) >= 11 is 0. The van der Waals surface area contributed by atoms with Gasteiger partial charge in [-0.2, -0.15) is 0 Å². The number of pyridine rings is 1. The second kappa shape index (κ2) is 6.68. The zero-order valence-corrected chi connectivity index (χ0v) is 14.2. The number of ether oxygens (including phenoxy) is 2. The number of carbonyl (C=O) groups is 1. The first-order chi connectivity index (χ1) is 12.1. The Balaban J connectivity index is 2.28. The van der Waals surface area contributed by atoms with Crippen molar-refractivity contribution < 1.29 is 14.3 Å². The van der Waals surface area contributed by atoms with Crippen molar-refractivity contribution in [3.05, 3.63) is 64.6 Å². The zero-order valence-electron chi connectivity index (χ0n) is 14.2. The molecule has 0 saturated heterocycles. The lowest BCUT2D eigenvalue weighted by Gasteiger charge is -2.13. The van der Waals surface area contributed by atoms with E-state index in [9.17, 15) is 9.59 Å². The molecule has 1 amide bonds. The van der Waals surface area contributed by atoms with Crippen molar-refractivity contribution in [1.29, 1.82) is 0 Å². The Hall–Kier alpha value is -3.28. The quantitative estimate of drug-likeness (QED) is 0.793. The van der Waals surface area contributed by atoms with Crippen LogP contribution in [0.1, 0.15) is 10.4 Å². The van der Waals surface area contributed by atoms with Crippen LogP contribution < -0.4 is 20.3 Å². The Kier molecular flexibility index (Phi) is 4.43. The molecule has 128 valence electrons. The smallest absolute Gasteiger partial charge is 0.263 e. The van der Waals surface area contributed by atoms with E-state index in [2.05, 4.69) is 5.32 Å². The summed E-state index contributed by atoms with van der Waals surface area (Å²) in [5.74, 6) is 0.775. The molecule has 6 nitrogen and oxygen atoms in total. The maximum atomic E-state index is 13.0. The molecule has 1 heterocycles. The van der Waals surface area contributed by atoms with E-state index < -0.39 is 0 Å². The summed E-state index contributed by atoms with van der Waals surface area (Å²) in [5, 5.41) is 3.80. The first-order valence-corrected chi connectivity index (χ1v) is 7.69. The van der Waals surface area contributed by atoms with E-state index in [1.807, 2.05) is 0 Å². The van der Waals surface area contributed by atoms with Crippen LogP contribution in [-0.2, 0) is 0 Å². The van der Waals surface area contributed by atoms with Crippen LogP contribution >= 0.6 is 0 Å². The fourth-order valence-electron chi connectivity index (χ4n) is 2.77. The highest BCUT2D eigenvalue weighted by atomic mass is 16.5. The van der Waals surface area contributed by atoms with Crippen molar-refractivity contribution >= 4 is 16.7 Å². The van der Waals surface area contributed by atoms with Crippen LogP contribution in [0.2, 0.25) is 0 Å². The molecule has 25 heavy (non-hydrogen) atoms. The van der Waals surface area contributed by atoms with Gasteiger partial charge in [0.25, 0.3) is 11.5 Å². The van der Waals surface area contributed by atoms with Crippen molar-refractivity contribution in [1.82, 2.24) is 9.88 Å². The number of aromatic nitrogens is 1. The van der Waals surface area contributed by atoms with Crippen molar-refractivity contribution in [2.45, 2.75) is 0 Å². The summed E-state index contributed by atoms with van der Waals surface area (Å²) < 4.78 is 12.0. The van der Waals surface area contributed by atoms with Crippen LogP contribution in [0, 0.1) is 0 Å². The summed E-state index contributed by atoms with van der Waals surface area (Å²) in [6.07, 6.45) is 1.65. The molecule has 3 rings (SSSR count). The third-order valence-corrected chi connectivity index (χ3v) is 4.04. The van der Waals surface area contributed by atoms with E-state index in [0.29, 0.717) is 28.1 Å². The minimum absolute atomic E-state index is 0.241. The number of amides is 1. The molecule has 2 aromatic carbocycles. The first-order valence-electron chi connectivity index (χ1n) is 7.69. The highest BCUT2D eigenvalue weighted by Crippen LogP contribution is 2.31. The van der Waals surface area contributed by atoms with E-state index in [4.69, 9.17) is 9.47 Å². The topological polar surface area (TPSA) is 69.6 Å². The minimum Gasteiger partial charge on any atom is -0.493 e. The molecule has 0 fully saturated rings. The summed E-state index contributed by atoms with van der Waals surface area (Å²) in [6, 6.07) is 12.2. The molecule has 0 saturated carbocycles. The average molecular weight is 338 g/mol. The number of rotatable bonds is 4. The number of hydrogen-bond acceptors (Lipinski definition) is 4. The Morgan fingerprint density at radius 1 is 1.04 bits per heavy atom. The molecule has 1 aromatic heterocycles. The van der Waals surface area contributed by atoms with Crippen molar-refractivity contribution in [3.63, 3.8) is 0 Å². The third-order valence-electron chi connectivity index (χ3n) is 4.04. The predicted molar refractivity (Wildman–Crippen MR) is 96.0 cm³/mol. The van der Waals surface area contributed by atoms with E-state index in [1.165, 1.54) is 11.7 Å². The summed E-state index contributed by atoms with van der Waals surface area (Å²) in [6.45, 7) is 0. The first kappa shape index (κ1) is 16.6. The lowest BCUT2D eigenvalue weighted by molar-refractivity contribution is 0.0963. The van der Waals surface area contributed by atoms with Crippen molar-refractivity contribution in [2.75, 3.05) is 21.3 Å². The van der Waals surface area contributed by atoms with Gasteiger partial charge in [0.05, 0.1) is 30.9 Å². The number of carbonyl (C=O) groups excluding carboxylic acids is 1. The number of para-hydroxylation sites is 1. The van der Waals surface area contributed by atoms with E-state index in [1.54, 1.807) is 62.8 Å². The van der Waals surface area contributed by atoms with Gasteiger partial charge in [0, 0.05) is 13.2 Å². The van der Waals surface area contributed by atoms with Gasteiger partial charge in [-0.15, -0.1) is 0 Å². The normalized spacial score (nSPS) is 10.5. The van der Waals surface area contributed by atoms with Gasteiger partial charge in [-0.05, 0) is 35.7 Å². The van der Waals surface area contributed by atoms with Crippen LogP contribution in [0.25, 0.3) is 16.5 Å². The molecule has 0 bridgehead atoms. The molecule has 0 aliphatic rings. The van der Waals surface area contributed by atoms with Crippen molar-refractivity contribution in [3.8, 4) is 17.2 Å². The molecule has 0 atom stereocenters. The Morgan fingerprint density at radius 2 is 1.72 bits per heavy atom. The molecular weight excluding hydrogens is 320 g/mol. The Labute approximate surface area is 144 Å². The predicted octanol–water partition coefficient (Wildman–Crippen LogP) is 2.37. The maximum Gasteiger partial charge on any atom is 0.263 e. The van der Waals surface area contributed by atoms with Gasteiger partial charge in [0.15, 0.2) is 11.5 Å². The van der Waals surface area contributed by atoms with Gasteiger partial charge in [0.1, 0.15) is 0 Å². The molecule has 0 spiro atoms. The maximum absolute atomic E-state index is 13.0. The Bertz CT molecular complexity index is 1010. The van der Waals surface area contributed by atoms with Gasteiger partial charge < -0.3 is 14.8 Å². The largest absolute Gasteiger partial charge is 0.493 e. The highest BCUT2D eigenvalue weighted by Gasteiger charge is 2.14. The number of fused-ring (bicyclic) bond motifs is 1. The second-order valence-corrected chi connectivity index (χ2v) is 5.38. The SMILES string of the molecule is CNC(=O)c1ccccc1-n1ccc2cc(OC)c(OC)cc2c1=O.